The number of hydrogen-bond acceptors (Lipinski definition) is 1. The molecule has 0 N–H and O–H groups in total. The van der Waals surface area contributed by atoms with Gasteiger partial charge < -0.3 is 4.74 Å². The molecule has 0 unspecified atom stereocenters. The number of hydrogen-bond donors (Lipinski definition) is 0. The average molecular weight is 365 g/mol. The molecule has 0 atom stereocenters. The van der Waals surface area contributed by atoms with Gasteiger partial charge in [0.25, 0.3) is 0 Å². The standard InChI is InChI=1S/C25H29FO/c1-5-17-27-25(24(26)6-2)14-10-11-20-15-16-22(19(3)4)23(18-20)21-12-8-7-9-13-21/h6-16,18-19H,5,17H2,1-4H3/b11-10+,24-6+,25-14+. The minimum absolute atomic E-state index is 0.276. The first-order valence-electron chi connectivity index (χ1n) is 9.59. The normalized spacial score (nSPS) is 12.8. The second-order valence-corrected chi connectivity index (χ2v) is 6.74. The Hall–Kier alpha value is -2.61. The first kappa shape index (κ1) is 20.7. The summed E-state index contributed by atoms with van der Waals surface area (Å²) in [5.41, 5.74) is 4.84. The molecule has 0 fully saturated rings. The van der Waals surface area contributed by atoms with Gasteiger partial charge in [-0.05, 0) is 59.7 Å². The highest BCUT2D eigenvalue weighted by Crippen LogP contribution is 2.30. The summed E-state index contributed by atoms with van der Waals surface area (Å²) in [5.74, 6) is 0.377. The van der Waals surface area contributed by atoms with Gasteiger partial charge in [0.2, 0.25) is 0 Å². The molecule has 0 saturated carbocycles. The summed E-state index contributed by atoms with van der Waals surface area (Å²) in [6.07, 6.45) is 7.76. The number of ether oxygens (including phenoxy) is 1. The zero-order valence-corrected chi connectivity index (χ0v) is 16.7. The molecule has 0 aliphatic heterocycles. The van der Waals surface area contributed by atoms with E-state index in [0.717, 1.165) is 12.0 Å². The Morgan fingerprint density at radius 1 is 1.11 bits per heavy atom. The highest BCUT2D eigenvalue weighted by molar-refractivity contribution is 5.71. The third-order valence-electron chi connectivity index (χ3n) is 4.27. The Kier molecular flexibility index (Phi) is 8.06. The minimum atomic E-state index is -0.340. The predicted molar refractivity (Wildman–Crippen MR) is 114 cm³/mol. The molecule has 0 spiro atoms. The van der Waals surface area contributed by atoms with E-state index in [9.17, 15) is 4.39 Å². The van der Waals surface area contributed by atoms with Gasteiger partial charge in [-0.25, -0.2) is 4.39 Å². The van der Waals surface area contributed by atoms with Crippen LogP contribution in [0.15, 0.2) is 78.3 Å². The van der Waals surface area contributed by atoms with E-state index >= 15 is 0 Å². The lowest BCUT2D eigenvalue weighted by Gasteiger charge is -2.14. The van der Waals surface area contributed by atoms with E-state index in [0.29, 0.717) is 12.5 Å². The molecule has 0 heterocycles. The molecule has 2 heteroatoms. The van der Waals surface area contributed by atoms with E-state index in [1.54, 1.807) is 13.0 Å². The second kappa shape index (κ2) is 10.5. The molecule has 27 heavy (non-hydrogen) atoms. The van der Waals surface area contributed by atoms with Crippen molar-refractivity contribution in [2.24, 2.45) is 0 Å². The summed E-state index contributed by atoms with van der Waals surface area (Å²) in [5, 5.41) is 0. The monoisotopic (exact) mass is 364 g/mol. The Morgan fingerprint density at radius 2 is 1.85 bits per heavy atom. The van der Waals surface area contributed by atoms with Crippen LogP contribution in [0.4, 0.5) is 4.39 Å². The summed E-state index contributed by atoms with van der Waals surface area (Å²) in [6.45, 7) is 8.58. The van der Waals surface area contributed by atoms with Gasteiger partial charge >= 0.3 is 0 Å². The van der Waals surface area contributed by atoms with Crippen molar-refractivity contribution in [2.75, 3.05) is 6.61 Å². The first-order chi connectivity index (χ1) is 13.1. The zero-order valence-electron chi connectivity index (χ0n) is 16.7. The van der Waals surface area contributed by atoms with Crippen molar-refractivity contribution in [1.82, 2.24) is 0 Å². The molecule has 2 aromatic rings. The average Bonchev–Trinajstić information content (AvgIpc) is 2.70. The maximum Gasteiger partial charge on any atom is 0.160 e. The van der Waals surface area contributed by atoms with Crippen molar-refractivity contribution in [3.63, 3.8) is 0 Å². The number of allylic oxidation sites excluding steroid dienone is 4. The Labute approximate surface area is 162 Å². The van der Waals surface area contributed by atoms with E-state index < -0.39 is 0 Å². The van der Waals surface area contributed by atoms with Crippen LogP contribution in [-0.2, 0) is 4.74 Å². The topological polar surface area (TPSA) is 9.23 Å². The van der Waals surface area contributed by atoms with E-state index in [2.05, 4.69) is 56.3 Å². The van der Waals surface area contributed by atoms with E-state index in [4.69, 9.17) is 4.74 Å². The van der Waals surface area contributed by atoms with Crippen molar-refractivity contribution < 1.29 is 9.13 Å². The first-order valence-corrected chi connectivity index (χ1v) is 9.59. The van der Waals surface area contributed by atoms with Crippen LogP contribution in [0.5, 0.6) is 0 Å². The molecule has 2 aromatic carbocycles. The molecule has 0 aliphatic carbocycles. The summed E-state index contributed by atoms with van der Waals surface area (Å²) in [4.78, 5) is 0. The summed E-state index contributed by atoms with van der Waals surface area (Å²) >= 11 is 0. The van der Waals surface area contributed by atoms with Crippen LogP contribution in [0, 0.1) is 0 Å². The fourth-order valence-corrected chi connectivity index (χ4v) is 2.85. The molecule has 2 rings (SSSR count). The van der Waals surface area contributed by atoms with Gasteiger partial charge in [-0.3, -0.25) is 0 Å². The summed E-state index contributed by atoms with van der Waals surface area (Å²) in [7, 11) is 0. The van der Waals surface area contributed by atoms with Crippen LogP contribution >= 0.6 is 0 Å². The van der Waals surface area contributed by atoms with Crippen molar-refractivity contribution in [2.45, 2.75) is 40.0 Å². The molecular formula is C25H29FO. The van der Waals surface area contributed by atoms with Gasteiger partial charge in [-0.1, -0.05) is 75.4 Å². The van der Waals surface area contributed by atoms with Gasteiger partial charge in [0.05, 0.1) is 6.61 Å². The molecule has 0 bridgehead atoms. The lowest BCUT2D eigenvalue weighted by molar-refractivity contribution is 0.209. The van der Waals surface area contributed by atoms with Crippen LogP contribution < -0.4 is 0 Å². The molecule has 0 aromatic heterocycles. The largest absolute Gasteiger partial charge is 0.491 e. The van der Waals surface area contributed by atoms with Crippen molar-refractivity contribution in [3.8, 4) is 11.1 Å². The molecular weight excluding hydrogens is 335 g/mol. The van der Waals surface area contributed by atoms with Crippen LogP contribution in [0.2, 0.25) is 0 Å². The molecule has 1 nitrogen and oxygen atoms in total. The highest BCUT2D eigenvalue weighted by Gasteiger charge is 2.09. The third-order valence-corrected chi connectivity index (χ3v) is 4.27. The molecule has 0 aliphatic rings. The molecule has 0 saturated heterocycles. The maximum atomic E-state index is 13.9. The predicted octanol–water partition coefficient (Wildman–Crippen LogP) is 7.67. The number of rotatable bonds is 8. The summed E-state index contributed by atoms with van der Waals surface area (Å²) < 4.78 is 19.4. The second-order valence-electron chi connectivity index (χ2n) is 6.74. The lowest BCUT2D eigenvalue weighted by atomic mass is 9.91. The highest BCUT2D eigenvalue weighted by atomic mass is 19.1. The third kappa shape index (κ3) is 5.96. The summed E-state index contributed by atoms with van der Waals surface area (Å²) in [6, 6.07) is 16.9. The maximum absolute atomic E-state index is 13.9. The van der Waals surface area contributed by atoms with E-state index in [-0.39, 0.29) is 11.6 Å². The Balaban J connectivity index is 2.33. The molecule has 142 valence electrons. The molecule has 0 amide bonds. The van der Waals surface area contributed by atoms with Crippen LogP contribution in [-0.4, -0.2) is 6.61 Å². The van der Waals surface area contributed by atoms with Gasteiger partial charge in [0.1, 0.15) is 0 Å². The Bertz CT molecular complexity index is 813. The quantitative estimate of drug-likeness (QED) is 0.345. The SMILES string of the molecule is C\C=C(F)/C(=C\C=C\c1ccc(C(C)C)c(-c2ccccc2)c1)OCCC. The van der Waals surface area contributed by atoms with Crippen LogP contribution in [0.3, 0.4) is 0 Å². The number of halogens is 1. The van der Waals surface area contributed by atoms with Crippen LogP contribution in [0.25, 0.3) is 17.2 Å². The van der Waals surface area contributed by atoms with Gasteiger partial charge in [-0.2, -0.15) is 0 Å². The van der Waals surface area contributed by atoms with Gasteiger partial charge in [0, 0.05) is 0 Å². The van der Waals surface area contributed by atoms with Gasteiger partial charge in [0.15, 0.2) is 11.6 Å². The smallest absolute Gasteiger partial charge is 0.160 e. The van der Waals surface area contributed by atoms with Crippen molar-refractivity contribution in [1.29, 1.82) is 0 Å². The fourth-order valence-electron chi connectivity index (χ4n) is 2.85. The lowest BCUT2D eigenvalue weighted by Crippen LogP contribution is -1.94. The van der Waals surface area contributed by atoms with Crippen molar-refractivity contribution in [3.05, 3.63) is 89.5 Å². The fraction of sp³-hybridized carbons (Fsp3) is 0.280. The molecule has 0 radical (unpaired) electrons. The van der Waals surface area contributed by atoms with Crippen LogP contribution in [0.1, 0.15) is 51.2 Å². The zero-order chi connectivity index (χ0) is 19.6. The van der Waals surface area contributed by atoms with E-state index in [1.807, 2.05) is 25.1 Å². The van der Waals surface area contributed by atoms with E-state index in [1.165, 1.54) is 22.8 Å². The van der Waals surface area contributed by atoms with Gasteiger partial charge in [-0.15, -0.1) is 0 Å². The van der Waals surface area contributed by atoms with Crippen molar-refractivity contribution >= 4 is 6.08 Å². The number of benzene rings is 2. The minimum Gasteiger partial charge on any atom is -0.491 e. The Morgan fingerprint density at radius 3 is 2.48 bits per heavy atom.